The zero-order valence-corrected chi connectivity index (χ0v) is 14.2. The van der Waals surface area contributed by atoms with Gasteiger partial charge in [0.1, 0.15) is 5.82 Å². The number of nitrogens with one attached hydrogen (secondary N) is 2. The van der Waals surface area contributed by atoms with E-state index in [1.54, 1.807) is 7.05 Å². The second-order valence-corrected chi connectivity index (χ2v) is 5.70. The Hall–Kier alpha value is -2.58. The van der Waals surface area contributed by atoms with Crippen LogP contribution < -0.4 is 10.6 Å². The number of nitrogens with zero attached hydrogens (tertiary/aromatic N) is 2. The predicted octanol–water partition coefficient (Wildman–Crippen LogP) is 3.78. The lowest BCUT2D eigenvalue weighted by Gasteiger charge is -2.18. The largest absolute Gasteiger partial charge is 0.352 e. The smallest absolute Gasteiger partial charge is 0.191 e. The standard InChI is InChI=1S/C18H18ClFN4/c1-12(14-4-3-5-16(19)9-14)24-18(22-2)23-11-15-8-13(10-21)6-7-17(15)20/h3-9,12H,11H2,1-2H3,(H2,22,23,24). The molecule has 24 heavy (non-hydrogen) atoms. The first-order valence-corrected chi connectivity index (χ1v) is 7.82. The van der Waals surface area contributed by atoms with Crippen molar-refractivity contribution in [3.63, 3.8) is 0 Å². The summed E-state index contributed by atoms with van der Waals surface area (Å²) in [5, 5.41) is 15.8. The first-order chi connectivity index (χ1) is 11.5. The fraction of sp³-hybridized carbons (Fsp3) is 0.222. The molecule has 0 aliphatic rings. The highest BCUT2D eigenvalue weighted by molar-refractivity contribution is 6.30. The predicted molar refractivity (Wildman–Crippen MR) is 94.3 cm³/mol. The summed E-state index contributed by atoms with van der Waals surface area (Å²) in [4.78, 5) is 4.14. The van der Waals surface area contributed by atoms with E-state index in [0.29, 0.717) is 22.1 Å². The van der Waals surface area contributed by atoms with Gasteiger partial charge in [0.05, 0.1) is 17.7 Å². The molecule has 0 saturated heterocycles. The summed E-state index contributed by atoms with van der Waals surface area (Å²) in [5.41, 5.74) is 1.85. The summed E-state index contributed by atoms with van der Waals surface area (Å²) >= 11 is 6.00. The topological polar surface area (TPSA) is 60.2 Å². The molecular formula is C18H18ClFN4. The van der Waals surface area contributed by atoms with Gasteiger partial charge in [-0.25, -0.2) is 4.39 Å². The quantitative estimate of drug-likeness (QED) is 0.655. The van der Waals surface area contributed by atoms with Gasteiger partial charge in [0, 0.05) is 24.2 Å². The molecule has 0 fully saturated rings. The van der Waals surface area contributed by atoms with E-state index in [9.17, 15) is 4.39 Å². The SMILES string of the molecule is CN=C(NCc1cc(C#N)ccc1F)NC(C)c1cccc(Cl)c1. The molecular weight excluding hydrogens is 327 g/mol. The van der Waals surface area contributed by atoms with Crippen molar-refractivity contribution in [3.8, 4) is 6.07 Å². The van der Waals surface area contributed by atoms with Gasteiger partial charge in [-0.05, 0) is 42.8 Å². The van der Waals surface area contributed by atoms with E-state index in [2.05, 4.69) is 15.6 Å². The maximum Gasteiger partial charge on any atom is 0.191 e. The summed E-state index contributed by atoms with van der Waals surface area (Å²) in [6.07, 6.45) is 0. The minimum atomic E-state index is -0.361. The van der Waals surface area contributed by atoms with Crippen LogP contribution in [0.4, 0.5) is 4.39 Å². The van der Waals surface area contributed by atoms with Crippen LogP contribution in [0, 0.1) is 17.1 Å². The Morgan fingerprint density at radius 3 is 2.79 bits per heavy atom. The van der Waals surface area contributed by atoms with Crippen molar-refractivity contribution >= 4 is 17.6 Å². The third-order valence-corrected chi connectivity index (χ3v) is 3.78. The Balaban J connectivity index is 2.02. The first-order valence-electron chi connectivity index (χ1n) is 7.44. The molecule has 4 nitrogen and oxygen atoms in total. The molecule has 0 spiro atoms. The van der Waals surface area contributed by atoms with Crippen LogP contribution in [0.25, 0.3) is 0 Å². The van der Waals surface area contributed by atoms with E-state index in [1.165, 1.54) is 18.2 Å². The molecule has 2 N–H and O–H groups in total. The number of hydrogen-bond donors (Lipinski definition) is 2. The molecule has 2 aromatic rings. The van der Waals surface area contributed by atoms with Gasteiger partial charge in [-0.2, -0.15) is 5.26 Å². The highest BCUT2D eigenvalue weighted by Gasteiger charge is 2.09. The normalized spacial score (nSPS) is 12.4. The van der Waals surface area contributed by atoms with Crippen molar-refractivity contribution < 1.29 is 4.39 Å². The molecule has 0 amide bonds. The zero-order valence-electron chi connectivity index (χ0n) is 13.5. The highest BCUT2D eigenvalue weighted by Crippen LogP contribution is 2.17. The van der Waals surface area contributed by atoms with Gasteiger partial charge in [0.15, 0.2) is 5.96 Å². The molecule has 0 aliphatic carbocycles. The van der Waals surface area contributed by atoms with E-state index in [-0.39, 0.29) is 18.4 Å². The van der Waals surface area contributed by atoms with E-state index < -0.39 is 0 Å². The fourth-order valence-corrected chi connectivity index (χ4v) is 2.42. The summed E-state index contributed by atoms with van der Waals surface area (Å²) in [7, 11) is 1.64. The summed E-state index contributed by atoms with van der Waals surface area (Å²) in [6.45, 7) is 2.21. The van der Waals surface area contributed by atoms with Crippen LogP contribution in [0.3, 0.4) is 0 Å². The zero-order chi connectivity index (χ0) is 17.5. The Morgan fingerprint density at radius 2 is 2.12 bits per heavy atom. The second kappa shape index (κ2) is 8.32. The van der Waals surface area contributed by atoms with Crippen molar-refractivity contribution in [3.05, 3.63) is 70.0 Å². The van der Waals surface area contributed by atoms with Gasteiger partial charge < -0.3 is 10.6 Å². The summed E-state index contributed by atoms with van der Waals surface area (Å²) in [5.74, 6) is 0.170. The average molecular weight is 345 g/mol. The summed E-state index contributed by atoms with van der Waals surface area (Å²) in [6, 6.07) is 13.8. The van der Waals surface area contributed by atoms with Gasteiger partial charge >= 0.3 is 0 Å². The lowest BCUT2D eigenvalue weighted by atomic mass is 10.1. The van der Waals surface area contributed by atoms with Gasteiger partial charge in [0.2, 0.25) is 0 Å². The summed E-state index contributed by atoms with van der Waals surface area (Å²) < 4.78 is 13.8. The molecule has 2 aromatic carbocycles. The number of rotatable bonds is 4. The van der Waals surface area contributed by atoms with Crippen LogP contribution >= 0.6 is 11.6 Å². The minimum absolute atomic E-state index is 0.0230. The van der Waals surface area contributed by atoms with E-state index in [4.69, 9.17) is 16.9 Å². The van der Waals surface area contributed by atoms with Gasteiger partial charge in [0.25, 0.3) is 0 Å². The van der Waals surface area contributed by atoms with Gasteiger partial charge in [-0.15, -0.1) is 0 Å². The molecule has 0 aromatic heterocycles. The molecule has 0 bridgehead atoms. The molecule has 0 heterocycles. The third-order valence-electron chi connectivity index (χ3n) is 3.55. The molecule has 0 radical (unpaired) electrons. The third kappa shape index (κ3) is 4.71. The number of halogens is 2. The molecule has 0 saturated carbocycles. The molecule has 6 heteroatoms. The van der Waals surface area contributed by atoms with Gasteiger partial charge in [-0.3, -0.25) is 4.99 Å². The second-order valence-electron chi connectivity index (χ2n) is 5.26. The fourth-order valence-electron chi connectivity index (χ4n) is 2.22. The lowest BCUT2D eigenvalue weighted by molar-refractivity contribution is 0.602. The van der Waals surface area contributed by atoms with Crippen LogP contribution in [-0.4, -0.2) is 13.0 Å². The van der Waals surface area contributed by atoms with Gasteiger partial charge in [-0.1, -0.05) is 23.7 Å². The first kappa shape index (κ1) is 17.8. The maximum atomic E-state index is 13.8. The van der Waals surface area contributed by atoms with Crippen LogP contribution in [-0.2, 0) is 6.54 Å². The lowest BCUT2D eigenvalue weighted by Crippen LogP contribution is -2.38. The van der Waals surface area contributed by atoms with Crippen molar-refractivity contribution in [2.75, 3.05) is 7.05 Å². The molecule has 2 rings (SSSR count). The Bertz CT molecular complexity index is 783. The minimum Gasteiger partial charge on any atom is -0.352 e. The average Bonchev–Trinajstić information content (AvgIpc) is 2.59. The van der Waals surface area contributed by atoms with E-state index in [0.717, 1.165) is 5.56 Å². The van der Waals surface area contributed by atoms with Crippen molar-refractivity contribution in [2.45, 2.75) is 19.5 Å². The number of aliphatic imine (C=N–C) groups is 1. The molecule has 0 aliphatic heterocycles. The Labute approximate surface area is 146 Å². The van der Waals surface area contributed by atoms with Crippen molar-refractivity contribution in [1.29, 1.82) is 5.26 Å². The maximum absolute atomic E-state index is 13.8. The monoisotopic (exact) mass is 344 g/mol. The Kier molecular flexibility index (Phi) is 6.16. The molecule has 124 valence electrons. The number of nitriles is 1. The molecule has 1 unspecified atom stereocenters. The number of benzene rings is 2. The molecule has 1 atom stereocenters. The van der Waals surface area contributed by atoms with Crippen molar-refractivity contribution in [1.82, 2.24) is 10.6 Å². The number of guanidine groups is 1. The Morgan fingerprint density at radius 1 is 1.33 bits per heavy atom. The van der Waals surface area contributed by atoms with Crippen LogP contribution in [0.5, 0.6) is 0 Å². The number of hydrogen-bond acceptors (Lipinski definition) is 2. The van der Waals surface area contributed by atoms with Crippen LogP contribution in [0.1, 0.15) is 29.7 Å². The highest BCUT2D eigenvalue weighted by atomic mass is 35.5. The van der Waals surface area contributed by atoms with E-state index in [1.807, 2.05) is 37.3 Å². The van der Waals surface area contributed by atoms with Crippen molar-refractivity contribution in [2.24, 2.45) is 4.99 Å². The van der Waals surface area contributed by atoms with E-state index >= 15 is 0 Å². The van der Waals surface area contributed by atoms with Crippen LogP contribution in [0.2, 0.25) is 5.02 Å². The van der Waals surface area contributed by atoms with Crippen LogP contribution in [0.15, 0.2) is 47.5 Å².